The Morgan fingerprint density at radius 2 is 0.970 bits per heavy atom. The zero-order valence-electron chi connectivity index (χ0n) is 20.7. The SMILES string of the molecule is CC(C)c1cccc(C(C)C)c1N1C=C(Cl)N(c2c(C(C)C)cccc2C(C)C)C1(Cl)Cl.[Cu]. The Bertz CT molecular complexity index is 960. The van der Waals surface area contributed by atoms with Gasteiger partial charge in [-0.2, -0.15) is 0 Å². The number of halogens is 3. The van der Waals surface area contributed by atoms with Gasteiger partial charge < -0.3 is 0 Å². The van der Waals surface area contributed by atoms with Crippen molar-refractivity contribution < 1.29 is 17.1 Å². The van der Waals surface area contributed by atoms with E-state index in [9.17, 15) is 0 Å². The van der Waals surface area contributed by atoms with Gasteiger partial charge in [-0.05, 0) is 45.9 Å². The first-order valence-corrected chi connectivity index (χ1v) is 12.6. The zero-order chi connectivity index (χ0) is 24.0. The summed E-state index contributed by atoms with van der Waals surface area (Å²) in [6.07, 6.45) is 1.88. The van der Waals surface area contributed by atoms with Gasteiger partial charge in [-0.1, -0.05) is 127 Å². The smallest absolute Gasteiger partial charge is 0.279 e. The molecule has 0 atom stereocenters. The average molecular weight is 557 g/mol. The van der Waals surface area contributed by atoms with E-state index in [1.807, 2.05) is 16.0 Å². The molecule has 3 rings (SSSR count). The van der Waals surface area contributed by atoms with Crippen LogP contribution in [-0.4, -0.2) is 4.58 Å². The van der Waals surface area contributed by atoms with Gasteiger partial charge in [-0.25, -0.2) is 0 Å². The Kier molecular flexibility index (Phi) is 9.33. The van der Waals surface area contributed by atoms with Gasteiger partial charge in [0.05, 0.1) is 11.4 Å². The van der Waals surface area contributed by atoms with E-state index in [1.165, 1.54) is 22.3 Å². The first-order valence-electron chi connectivity index (χ1n) is 11.5. The van der Waals surface area contributed by atoms with Crippen LogP contribution in [0.15, 0.2) is 47.8 Å². The van der Waals surface area contributed by atoms with Crippen LogP contribution in [0.2, 0.25) is 0 Å². The van der Waals surface area contributed by atoms with Crippen LogP contribution in [0.25, 0.3) is 0 Å². The maximum Gasteiger partial charge on any atom is 0.279 e. The van der Waals surface area contributed by atoms with Gasteiger partial charge >= 0.3 is 0 Å². The normalized spacial score (nSPS) is 15.7. The molecule has 0 bridgehead atoms. The molecule has 6 heteroatoms. The van der Waals surface area contributed by atoms with Crippen molar-refractivity contribution in [2.75, 3.05) is 9.80 Å². The minimum atomic E-state index is -1.40. The molecule has 0 spiro atoms. The van der Waals surface area contributed by atoms with Crippen molar-refractivity contribution in [3.8, 4) is 0 Å². The topological polar surface area (TPSA) is 6.48 Å². The summed E-state index contributed by atoms with van der Waals surface area (Å²) in [7, 11) is 0. The van der Waals surface area contributed by atoms with Crippen molar-refractivity contribution in [1.82, 2.24) is 0 Å². The van der Waals surface area contributed by atoms with E-state index >= 15 is 0 Å². The summed E-state index contributed by atoms with van der Waals surface area (Å²) < 4.78 is -1.40. The molecule has 0 saturated heterocycles. The summed E-state index contributed by atoms with van der Waals surface area (Å²) in [5, 5.41) is 0.512. The molecule has 1 aliphatic rings. The monoisotopic (exact) mass is 555 g/mol. The number of hydrogen-bond donors (Lipinski definition) is 0. The first kappa shape index (κ1) is 28.4. The van der Waals surface area contributed by atoms with Crippen LogP contribution in [0.3, 0.4) is 0 Å². The summed E-state index contributed by atoms with van der Waals surface area (Å²) >= 11 is 21.4. The van der Waals surface area contributed by atoms with Gasteiger partial charge in [0, 0.05) is 23.3 Å². The second-order valence-corrected chi connectivity index (χ2v) is 11.5. The molecule has 2 aromatic rings. The van der Waals surface area contributed by atoms with Gasteiger partial charge in [0.15, 0.2) is 0 Å². The van der Waals surface area contributed by atoms with Crippen molar-refractivity contribution in [3.63, 3.8) is 0 Å². The van der Waals surface area contributed by atoms with Gasteiger partial charge in [0.2, 0.25) is 0 Å². The maximum atomic E-state index is 7.25. The molecule has 0 aliphatic carbocycles. The van der Waals surface area contributed by atoms with Crippen LogP contribution in [0.5, 0.6) is 0 Å². The molecule has 185 valence electrons. The Hall–Kier alpha value is -0.831. The zero-order valence-corrected chi connectivity index (χ0v) is 23.9. The first-order chi connectivity index (χ1) is 14.9. The fraction of sp³-hybridized carbons (Fsp3) is 0.481. The summed E-state index contributed by atoms with van der Waals surface area (Å²) in [6, 6.07) is 12.8. The van der Waals surface area contributed by atoms with Gasteiger partial charge in [-0.3, -0.25) is 9.80 Å². The van der Waals surface area contributed by atoms with E-state index in [4.69, 9.17) is 34.8 Å². The van der Waals surface area contributed by atoms with Crippen LogP contribution >= 0.6 is 34.8 Å². The van der Waals surface area contributed by atoms with Gasteiger partial charge in [0.1, 0.15) is 5.16 Å². The molecule has 1 heterocycles. The molecule has 33 heavy (non-hydrogen) atoms. The molecule has 0 saturated carbocycles. The second-order valence-electron chi connectivity index (χ2n) is 9.86. The van der Waals surface area contributed by atoms with Crippen LogP contribution in [0.4, 0.5) is 11.4 Å². The minimum Gasteiger partial charge on any atom is -0.295 e. The molecular formula is C27H35Cl3CuN2. The number of alkyl halides is 2. The molecule has 0 N–H and O–H groups in total. The van der Waals surface area contributed by atoms with E-state index in [0.29, 0.717) is 28.8 Å². The van der Waals surface area contributed by atoms with Crippen LogP contribution in [0, 0.1) is 0 Å². The number of benzene rings is 2. The van der Waals surface area contributed by atoms with Crippen molar-refractivity contribution in [3.05, 3.63) is 70.0 Å². The third-order valence-electron chi connectivity index (χ3n) is 6.16. The van der Waals surface area contributed by atoms with Crippen molar-refractivity contribution in [2.24, 2.45) is 0 Å². The average Bonchev–Trinajstić information content (AvgIpc) is 2.94. The van der Waals surface area contributed by atoms with E-state index in [1.54, 1.807) is 0 Å². The molecule has 0 fully saturated rings. The number of para-hydroxylation sites is 2. The number of rotatable bonds is 6. The van der Waals surface area contributed by atoms with Gasteiger partial charge in [-0.15, -0.1) is 0 Å². The number of hydrogen-bond acceptors (Lipinski definition) is 2. The molecule has 1 radical (unpaired) electrons. The van der Waals surface area contributed by atoms with Crippen LogP contribution in [0.1, 0.15) is 101 Å². The molecule has 0 unspecified atom stereocenters. The van der Waals surface area contributed by atoms with Crippen molar-refractivity contribution in [1.29, 1.82) is 0 Å². The number of anilines is 2. The number of nitrogens with zero attached hydrogens (tertiary/aromatic N) is 2. The van der Waals surface area contributed by atoms with Crippen molar-refractivity contribution >= 4 is 46.2 Å². The largest absolute Gasteiger partial charge is 0.295 e. The molecule has 0 aromatic heterocycles. The van der Waals surface area contributed by atoms with Crippen LogP contribution in [-0.2, 0) is 17.1 Å². The molecule has 0 amide bonds. The van der Waals surface area contributed by atoms with E-state index in [0.717, 1.165) is 11.4 Å². The van der Waals surface area contributed by atoms with Crippen molar-refractivity contribution in [2.45, 2.75) is 83.6 Å². The third-order valence-corrected chi connectivity index (χ3v) is 7.13. The fourth-order valence-electron chi connectivity index (χ4n) is 4.48. The fourth-order valence-corrected chi connectivity index (χ4v) is 5.49. The summed E-state index contributed by atoms with van der Waals surface area (Å²) in [5.74, 6) is 1.20. The standard InChI is InChI=1S/C27H35Cl3N2.Cu/c1-16(2)20-11-9-12-21(17(3)4)25(20)31-15-24(28)32(27(31,29)30)26-22(18(5)6)13-10-14-23(26)19(7)8;/h9-19H,1-8H3;. The van der Waals surface area contributed by atoms with E-state index < -0.39 is 4.58 Å². The summed E-state index contributed by atoms with van der Waals surface area (Å²) in [5.41, 5.74) is 6.79. The van der Waals surface area contributed by atoms with E-state index in [-0.39, 0.29) is 17.1 Å². The summed E-state index contributed by atoms with van der Waals surface area (Å²) in [6.45, 7) is 17.5. The molecular weight excluding hydrogens is 522 g/mol. The Morgan fingerprint density at radius 3 is 1.30 bits per heavy atom. The second kappa shape index (κ2) is 10.8. The predicted molar refractivity (Wildman–Crippen MR) is 143 cm³/mol. The van der Waals surface area contributed by atoms with Crippen LogP contribution < -0.4 is 9.80 Å². The minimum absolute atomic E-state index is 0. The Labute approximate surface area is 225 Å². The van der Waals surface area contributed by atoms with Gasteiger partial charge in [0.25, 0.3) is 4.58 Å². The summed E-state index contributed by atoms with van der Waals surface area (Å²) in [4.78, 5) is 3.84. The maximum absolute atomic E-state index is 7.25. The predicted octanol–water partition coefficient (Wildman–Crippen LogP) is 9.63. The molecule has 1 aliphatic heterocycles. The molecule has 2 nitrogen and oxygen atoms in total. The third kappa shape index (κ3) is 5.24. The molecule has 2 aromatic carbocycles. The Morgan fingerprint density at radius 1 is 0.636 bits per heavy atom. The van der Waals surface area contributed by atoms with E-state index in [2.05, 4.69) is 91.8 Å². The quantitative estimate of drug-likeness (QED) is 0.198. The Balaban J connectivity index is 0.00000385.